The molecular formula is C17H17N3O5S. The highest BCUT2D eigenvalue weighted by atomic mass is 32.2. The summed E-state index contributed by atoms with van der Waals surface area (Å²) in [7, 11) is 0. The van der Waals surface area contributed by atoms with Gasteiger partial charge in [0.05, 0.1) is 0 Å². The zero-order valence-corrected chi connectivity index (χ0v) is 14.4. The summed E-state index contributed by atoms with van der Waals surface area (Å²) in [6.07, 6.45) is -0.660. The summed E-state index contributed by atoms with van der Waals surface area (Å²) >= 11 is -1.41. The van der Waals surface area contributed by atoms with Crippen molar-refractivity contribution >= 4 is 22.9 Å². The summed E-state index contributed by atoms with van der Waals surface area (Å²) in [6, 6.07) is 9.93. The van der Waals surface area contributed by atoms with Crippen LogP contribution in [0.3, 0.4) is 0 Å². The van der Waals surface area contributed by atoms with E-state index in [0.717, 1.165) is 4.57 Å². The van der Waals surface area contributed by atoms with Gasteiger partial charge in [0.1, 0.15) is 23.3 Å². The Kier molecular flexibility index (Phi) is 3.82. The van der Waals surface area contributed by atoms with E-state index in [0.29, 0.717) is 5.56 Å². The molecule has 0 spiro atoms. The Morgan fingerprint density at radius 1 is 1.50 bits per heavy atom. The Morgan fingerprint density at radius 3 is 2.92 bits per heavy atom. The van der Waals surface area contributed by atoms with Crippen molar-refractivity contribution in [2.24, 2.45) is 0 Å². The fraction of sp³-hybridized carbons (Fsp3) is 0.353. The van der Waals surface area contributed by atoms with E-state index in [1.807, 2.05) is 0 Å². The summed E-state index contributed by atoms with van der Waals surface area (Å²) in [5.74, 6) is -0.252. The van der Waals surface area contributed by atoms with Crippen LogP contribution < -0.4 is 11.0 Å². The van der Waals surface area contributed by atoms with Gasteiger partial charge in [-0.3, -0.25) is 9.36 Å². The number of anilines is 1. The van der Waals surface area contributed by atoms with Gasteiger partial charge in [0.2, 0.25) is 0 Å². The summed E-state index contributed by atoms with van der Waals surface area (Å²) in [6.45, 7) is -0.250. The molecule has 5 atom stereocenters. The Bertz CT molecular complexity index is 926. The van der Waals surface area contributed by atoms with Crippen LogP contribution in [0.15, 0.2) is 47.4 Å². The highest BCUT2D eigenvalue weighted by Gasteiger charge is 2.66. The predicted octanol–water partition coefficient (Wildman–Crippen LogP) is 0.275. The van der Waals surface area contributed by atoms with Crippen molar-refractivity contribution in [2.75, 3.05) is 11.1 Å². The number of hydrogen-bond donors (Lipinski definition) is 2. The van der Waals surface area contributed by atoms with Crippen molar-refractivity contribution in [3.8, 4) is 0 Å². The molecule has 1 aromatic carbocycles. The van der Waals surface area contributed by atoms with Gasteiger partial charge in [0.25, 0.3) is 5.91 Å². The lowest BCUT2D eigenvalue weighted by molar-refractivity contribution is -0.0791. The van der Waals surface area contributed by atoms with Gasteiger partial charge in [0.15, 0.2) is 11.5 Å². The molecule has 2 aliphatic heterocycles. The van der Waals surface area contributed by atoms with Crippen LogP contribution in [-0.4, -0.2) is 47.8 Å². The smallest absolute Gasteiger partial charge is 0.351 e. The molecule has 1 aromatic heterocycles. The van der Waals surface area contributed by atoms with Crippen molar-refractivity contribution in [1.29, 1.82) is 0 Å². The van der Waals surface area contributed by atoms with E-state index < -0.39 is 46.0 Å². The number of carbonyl (C=O) groups excluding carboxylic acids is 1. The van der Waals surface area contributed by atoms with E-state index >= 15 is 0 Å². The van der Waals surface area contributed by atoms with Crippen molar-refractivity contribution in [3.63, 3.8) is 0 Å². The van der Waals surface area contributed by atoms with E-state index in [4.69, 9.17) is 6.11 Å². The average molecular weight is 376 g/mol. The molecular weight excluding hydrogens is 358 g/mol. The third-order valence-corrected chi connectivity index (χ3v) is 6.43. The fourth-order valence-electron chi connectivity index (χ4n) is 3.23. The number of carbonyl (C=O) groups is 1. The lowest BCUT2D eigenvalue weighted by Crippen LogP contribution is -2.41. The first kappa shape index (κ1) is 16.0. The van der Waals surface area contributed by atoms with Gasteiger partial charge in [-0.2, -0.15) is 4.98 Å². The second-order valence-electron chi connectivity index (χ2n) is 6.33. The van der Waals surface area contributed by atoms with E-state index in [1.54, 1.807) is 30.3 Å². The maximum atomic E-state index is 12.4. The Hall–Kier alpha value is -2.20. The molecule has 136 valence electrons. The van der Waals surface area contributed by atoms with Crippen LogP contribution in [0.1, 0.15) is 24.9 Å². The minimum absolute atomic E-state index is 0.0742. The third-order valence-electron chi connectivity index (χ3n) is 4.56. The molecule has 9 heteroatoms. The van der Waals surface area contributed by atoms with E-state index in [2.05, 4.69) is 10.3 Å². The maximum Gasteiger partial charge on any atom is 0.351 e. The lowest BCUT2D eigenvalue weighted by atomic mass is 10.0. The number of rotatable bonds is 3. The second-order valence-corrected chi connectivity index (χ2v) is 7.92. The predicted molar refractivity (Wildman–Crippen MR) is 94.2 cm³/mol. The maximum absolute atomic E-state index is 12.4. The van der Waals surface area contributed by atoms with Crippen LogP contribution in [0.4, 0.5) is 5.82 Å². The monoisotopic (exact) mass is 376 g/mol. The van der Waals surface area contributed by atoms with Gasteiger partial charge in [-0.15, -0.1) is 0 Å². The Labute approximate surface area is 153 Å². The minimum Gasteiger partial charge on any atom is -0.616 e. The molecule has 0 aliphatic carbocycles. The van der Waals surface area contributed by atoms with E-state index in [-0.39, 0.29) is 18.5 Å². The number of aliphatic hydroxyl groups excluding tert-OH is 1. The fourth-order valence-corrected chi connectivity index (χ4v) is 5.13. The standard InChI is InChI=1S/C17H17N3O5S/c1-17-9-26(24)12(13(17)21)15(25-17)20-8-7-11(19-16(20)23)18-14(22)10-5-3-2-4-6-10/h2-8,12-13,15,21H,9H2,1H3,(H,18,19,22,23)/t12-,13+,15-,17+,26?/m1/s1/i1D. The molecule has 2 N–H and O–H groups in total. The zero-order chi connectivity index (χ0) is 19.2. The summed E-state index contributed by atoms with van der Waals surface area (Å²) in [4.78, 5) is 28.4. The van der Waals surface area contributed by atoms with Gasteiger partial charge in [-0.1, -0.05) is 18.2 Å². The molecule has 8 nitrogen and oxygen atoms in total. The Morgan fingerprint density at radius 2 is 2.27 bits per heavy atom. The van der Waals surface area contributed by atoms with Gasteiger partial charge in [-0.25, -0.2) is 4.79 Å². The third kappa shape index (κ3) is 2.73. The number of aromatic nitrogens is 2. The SMILES string of the molecule is [2H]C[C@@]12C[S+]([O-])[C@@H]([C@H](n3ccc(NC(=O)c4ccccc4)nc3=O)O1)[C@@H]2O. The first-order valence-electron chi connectivity index (χ1n) is 8.64. The quantitative estimate of drug-likeness (QED) is 0.743. The first-order chi connectivity index (χ1) is 12.9. The van der Waals surface area contributed by atoms with Gasteiger partial charge in [0, 0.05) is 13.1 Å². The zero-order valence-electron chi connectivity index (χ0n) is 14.6. The number of nitrogens with zero attached hydrogens (tertiary/aromatic N) is 2. The number of hydrogen-bond acceptors (Lipinski definition) is 6. The number of nitrogens with one attached hydrogen (secondary N) is 1. The van der Waals surface area contributed by atoms with Crippen molar-refractivity contribution in [2.45, 2.75) is 30.1 Å². The van der Waals surface area contributed by atoms with Crippen molar-refractivity contribution in [1.82, 2.24) is 9.55 Å². The molecule has 0 saturated carbocycles. The van der Waals surface area contributed by atoms with Crippen molar-refractivity contribution < 1.29 is 20.6 Å². The van der Waals surface area contributed by atoms with Crippen LogP contribution in [0, 0.1) is 0 Å². The number of aliphatic hydroxyl groups is 1. The van der Waals surface area contributed by atoms with Gasteiger partial charge in [-0.05, 0) is 36.3 Å². The van der Waals surface area contributed by atoms with E-state index in [1.165, 1.54) is 12.3 Å². The number of ether oxygens (including phenoxy) is 1. The molecule has 1 amide bonds. The molecule has 2 aliphatic rings. The van der Waals surface area contributed by atoms with Crippen LogP contribution >= 0.6 is 0 Å². The normalized spacial score (nSPS) is 33.1. The number of fused-ring (bicyclic) bond motifs is 2. The Balaban J connectivity index is 1.57. The number of benzene rings is 1. The molecule has 3 heterocycles. The van der Waals surface area contributed by atoms with E-state index in [9.17, 15) is 19.2 Å². The van der Waals surface area contributed by atoms with Crippen molar-refractivity contribution in [3.05, 3.63) is 58.6 Å². The second kappa shape index (κ2) is 6.20. The largest absolute Gasteiger partial charge is 0.616 e. The summed E-state index contributed by atoms with van der Waals surface area (Å²) in [5.41, 5.74) is -1.50. The molecule has 2 bridgehead atoms. The topological polar surface area (TPSA) is 117 Å². The molecule has 4 rings (SSSR count). The highest BCUT2D eigenvalue weighted by molar-refractivity contribution is 7.92. The van der Waals surface area contributed by atoms with Gasteiger partial charge >= 0.3 is 5.69 Å². The molecule has 2 fully saturated rings. The average Bonchev–Trinajstić information content (AvgIpc) is 3.08. The molecule has 1 unspecified atom stereocenters. The molecule has 26 heavy (non-hydrogen) atoms. The number of amides is 1. The molecule has 2 aromatic rings. The summed E-state index contributed by atoms with van der Waals surface area (Å²) in [5, 5.41) is 12.1. The first-order valence-corrected chi connectivity index (χ1v) is 9.31. The lowest BCUT2D eigenvalue weighted by Gasteiger charge is -2.29. The van der Waals surface area contributed by atoms with Crippen LogP contribution in [-0.2, 0) is 15.9 Å². The van der Waals surface area contributed by atoms with Crippen LogP contribution in [0.25, 0.3) is 0 Å². The highest BCUT2D eigenvalue weighted by Crippen LogP contribution is 2.47. The van der Waals surface area contributed by atoms with Gasteiger partial charge < -0.3 is 19.7 Å². The molecule has 2 saturated heterocycles. The van der Waals surface area contributed by atoms with Crippen LogP contribution in [0.5, 0.6) is 0 Å². The summed E-state index contributed by atoms with van der Waals surface area (Å²) < 4.78 is 26.8. The molecule has 0 radical (unpaired) electrons. The minimum atomic E-state index is -1.41. The van der Waals surface area contributed by atoms with Crippen LogP contribution in [0.2, 0.25) is 0 Å².